The average Bonchev–Trinajstić information content (AvgIpc) is 2.78. The van der Waals surface area contributed by atoms with Crippen molar-refractivity contribution in [3.63, 3.8) is 0 Å². The Morgan fingerprint density at radius 2 is 1.84 bits per heavy atom. The third kappa shape index (κ3) is 9.44. The lowest BCUT2D eigenvalue weighted by Crippen LogP contribution is -2.53. The zero-order valence-electron chi connectivity index (χ0n) is 18.0. The van der Waals surface area contributed by atoms with E-state index >= 15 is 0 Å². The van der Waals surface area contributed by atoms with Crippen molar-refractivity contribution in [3.8, 4) is 0 Å². The van der Waals surface area contributed by atoms with Crippen LogP contribution in [-0.4, -0.2) is 61.7 Å². The van der Waals surface area contributed by atoms with Crippen LogP contribution in [0.25, 0.3) is 0 Å². The fraction of sp³-hybridized carbons (Fsp3) is 0.571. The van der Waals surface area contributed by atoms with Crippen molar-refractivity contribution in [3.05, 3.63) is 35.9 Å². The number of alkyl carbamates (subject to hydrolysis) is 1. The Bertz CT molecular complexity index is 684. The SMILES string of the molecule is CNC(=O)NC1CCN(C(=O)C(CCCCN)NC(=O)OCc2ccccc2)CC1.Cl. The molecule has 1 aromatic rings. The molecule has 0 aliphatic carbocycles. The highest BCUT2D eigenvalue weighted by molar-refractivity contribution is 5.86. The van der Waals surface area contributed by atoms with Gasteiger partial charge >= 0.3 is 12.1 Å². The maximum absolute atomic E-state index is 13.0. The lowest BCUT2D eigenvalue weighted by molar-refractivity contribution is -0.134. The predicted octanol–water partition coefficient (Wildman–Crippen LogP) is 1.75. The number of likely N-dealkylation sites (tertiary alicyclic amines) is 1. The Morgan fingerprint density at radius 3 is 2.45 bits per heavy atom. The Hall–Kier alpha value is -2.52. The van der Waals surface area contributed by atoms with Gasteiger partial charge < -0.3 is 31.3 Å². The van der Waals surface area contributed by atoms with E-state index in [-0.39, 0.29) is 37.0 Å². The van der Waals surface area contributed by atoms with Gasteiger partial charge in [0.2, 0.25) is 5.91 Å². The number of nitrogens with one attached hydrogen (secondary N) is 3. The van der Waals surface area contributed by atoms with Gasteiger partial charge in [-0.3, -0.25) is 4.79 Å². The minimum Gasteiger partial charge on any atom is -0.445 e. The van der Waals surface area contributed by atoms with Gasteiger partial charge in [-0.15, -0.1) is 12.4 Å². The fourth-order valence-corrected chi connectivity index (χ4v) is 3.38. The number of nitrogens with two attached hydrogens (primary N) is 1. The van der Waals surface area contributed by atoms with Crippen LogP contribution in [0.15, 0.2) is 30.3 Å². The van der Waals surface area contributed by atoms with E-state index in [0.717, 1.165) is 18.4 Å². The summed E-state index contributed by atoms with van der Waals surface area (Å²) in [6.45, 7) is 1.74. The lowest BCUT2D eigenvalue weighted by Gasteiger charge is -2.34. The minimum absolute atomic E-state index is 0. The summed E-state index contributed by atoms with van der Waals surface area (Å²) in [6, 6.07) is 8.54. The molecule has 1 unspecified atom stereocenters. The number of rotatable bonds is 9. The van der Waals surface area contributed by atoms with Crippen LogP contribution in [0.1, 0.15) is 37.7 Å². The molecule has 174 valence electrons. The average molecular weight is 456 g/mol. The molecule has 1 atom stereocenters. The summed E-state index contributed by atoms with van der Waals surface area (Å²) in [4.78, 5) is 38.5. The van der Waals surface area contributed by atoms with Crippen LogP contribution >= 0.6 is 12.4 Å². The first kappa shape index (κ1) is 26.5. The summed E-state index contributed by atoms with van der Waals surface area (Å²) >= 11 is 0. The number of halogens is 1. The summed E-state index contributed by atoms with van der Waals surface area (Å²) in [6.07, 6.45) is 2.76. The van der Waals surface area contributed by atoms with Gasteiger partial charge in [-0.25, -0.2) is 9.59 Å². The van der Waals surface area contributed by atoms with E-state index in [1.54, 1.807) is 11.9 Å². The Labute approximate surface area is 189 Å². The number of hydrogen-bond donors (Lipinski definition) is 4. The van der Waals surface area contributed by atoms with Crippen LogP contribution in [0.2, 0.25) is 0 Å². The van der Waals surface area contributed by atoms with Gasteiger partial charge in [0.15, 0.2) is 0 Å². The standard InChI is InChI=1S/C21H33N5O4.ClH/c1-23-20(28)24-17-10-13-26(14-11-17)19(27)18(9-5-6-12-22)25-21(29)30-15-16-7-3-2-4-8-16;/h2-4,7-8,17-18H,5-6,9-15,22H2,1H3,(H,25,29)(H2,23,24,28);1H. The van der Waals surface area contributed by atoms with Gasteiger partial charge in [0.1, 0.15) is 12.6 Å². The maximum Gasteiger partial charge on any atom is 0.408 e. The van der Waals surface area contributed by atoms with Gasteiger partial charge in [0.25, 0.3) is 0 Å². The maximum atomic E-state index is 13.0. The molecule has 4 amide bonds. The number of benzene rings is 1. The molecule has 1 fully saturated rings. The van der Waals surface area contributed by atoms with E-state index in [9.17, 15) is 14.4 Å². The molecule has 0 saturated carbocycles. The zero-order chi connectivity index (χ0) is 21.8. The minimum atomic E-state index is -0.650. The van der Waals surface area contributed by atoms with Gasteiger partial charge in [-0.05, 0) is 44.2 Å². The monoisotopic (exact) mass is 455 g/mol. The quantitative estimate of drug-likeness (QED) is 0.422. The summed E-state index contributed by atoms with van der Waals surface area (Å²) in [7, 11) is 1.57. The van der Waals surface area contributed by atoms with Crippen LogP contribution in [0.4, 0.5) is 9.59 Å². The molecule has 5 N–H and O–H groups in total. The number of amides is 4. The Balaban J connectivity index is 0.00000480. The van der Waals surface area contributed by atoms with Crippen molar-refractivity contribution in [2.45, 2.75) is 50.8 Å². The number of piperidine rings is 1. The molecule has 2 rings (SSSR count). The Kier molecular flexibility index (Phi) is 12.4. The first-order valence-corrected chi connectivity index (χ1v) is 10.5. The van der Waals surface area contributed by atoms with Crippen molar-refractivity contribution in [2.24, 2.45) is 5.73 Å². The number of urea groups is 1. The number of nitrogens with zero attached hydrogens (tertiary/aromatic N) is 1. The number of hydrogen-bond acceptors (Lipinski definition) is 5. The molecule has 0 spiro atoms. The van der Waals surface area contributed by atoms with Crippen LogP contribution in [0.3, 0.4) is 0 Å². The Morgan fingerprint density at radius 1 is 1.16 bits per heavy atom. The van der Waals surface area contributed by atoms with Crippen molar-refractivity contribution in [1.82, 2.24) is 20.9 Å². The van der Waals surface area contributed by atoms with Crippen LogP contribution in [0.5, 0.6) is 0 Å². The highest BCUT2D eigenvalue weighted by Crippen LogP contribution is 2.14. The van der Waals surface area contributed by atoms with E-state index in [0.29, 0.717) is 38.9 Å². The molecule has 9 nitrogen and oxygen atoms in total. The van der Waals surface area contributed by atoms with Crippen molar-refractivity contribution < 1.29 is 19.1 Å². The summed E-state index contributed by atoms with van der Waals surface area (Å²) < 4.78 is 5.28. The molecular weight excluding hydrogens is 422 g/mol. The first-order valence-electron chi connectivity index (χ1n) is 10.5. The molecule has 1 heterocycles. The number of carbonyl (C=O) groups is 3. The predicted molar refractivity (Wildman–Crippen MR) is 121 cm³/mol. The highest BCUT2D eigenvalue weighted by atomic mass is 35.5. The molecule has 1 aromatic carbocycles. The second kappa shape index (κ2) is 14.5. The molecule has 0 aromatic heterocycles. The summed E-state index contributed by atoms with van der Waals surface area (Å²) in [5.41, 5.74) is 6.45. The van der Waals surface area contributed by atoms with Gasteiger partial charge in [-0.1, -0.05) is 30.3 Å². The van der Waals surface area contributed by atoms with Gasteiger partial charge in [0, 0.05) is 26.2 Å². The summed E-state index contributed by atoms with van der Waals surface area (Å²) in [5.74, 6) is -0.123. The van der Waals surface area contributed by atoms with E-state index in [2.05, 4.69) is 16.0 Å². The van der Waals surface area contributed by atoms with Crippen LogP contribution in [0, 0.1) is 0 Å². The van der Waals surface area contributed by atoms with Crippen molar-refractivity contribution in [2.75, 3.05) is 26.7 Å². The lowest BCUT2D eigenvalue weighted by atomic mass is 10.0. The largest absolute Gasteiger partial charge is 0.445 e. The number of carbonyl (C=O) groups excluding carboxylic acids is 3. The highest BCUT2D eigenvalue weighted by Gasteiger charge is 2.29. The van der Waals surface area contributed by atoms with E-state index in [4.69, 9.17) is 10.5 Å². The first-order chi connectivity index (χ1) is 14.5. The third-order valence-electron chi connectivity index (χ3n) is 5.12. The van der Waals surface area contributed by atoms with E-state index in [1.807, 2.05) is 30.3 Å². The van der Waals surface area contributed by atoms with Gasteiger partial charge in [0.05, 0.1) is 0 Å². The molecular formula is C21H34ClN5O4. The smallest absolute Gasteiger partial charge is 0.408 e. The second-order valence-corrected chi connectivity index (χ2v) is 7.37. The second-order valence-electron chi connectivity index (χ2n) is 7.37. The molecule has 0 bridgehead atoms. The number of ether oxygens (including phenoxy) is 1. The molecule has 10 heteroatoms. The zero-order valence-corrected chi connectivity index (χ0v) is 18.8. The van der Waals surface area contributed by atoms with Crippen LogP contribution < -0.4 is 21.7 Å². The van der Waals surface area contributed by atoms with E-state index < -0.39 is 12.1 Å². The van der Waals surface area contributed by atoms with Gasteiger partial charge in [-0.2, -0.15) is 0 Å². The van der Waals surface area contributed by atoms with Crippen molar-refractivity contribution in [1.29, 1.82) is 0 Å². The molecule has 1 aliphatic heterocycles. The van der Waals surface area contributed by atoms with Crippen molar-refractivity contribution >= 4 is 30.4 Å². The molecule has 1 aliphatic rings. The number of unbranched alkanes of at least 4 members (excludes halogenated alkanes) is 1. The fourth-order valence-electron chi connectivity index (χ4n) is 3.38. The topological polar surface area (TPSA) is 126 Å². The molecule has 1 saturated heterocycles. The van der Waals surface area contributed by atoms with Crippen LogP contribution in [-0.2, 0) is 16.1 Å². The molecule has 0 radical (unpaired) electrons. The molecule has 31 heavy (non-hydrogen) atoms. The van der Waals surface area contributed by atoms with E-state index in [1.165, 1.54) is 0 Å². The third-order valence-corrected chi connectivity index (χ3v) is 5.12. The normalized spacial score (nSPS) is 14.7. The summed E-state index contributed by atoms with van der Waals surface area (Å²) in [5, 5.41) is 8.13.